The Bertz CT molecular complexity index is 566. The number of carboxylic acid groups (broad SMARTS) is 1. The Morgan fingerprint density at radius 2 is 1.83 bits per heavy atom. The largest absolute Gasteiger partial charge is 0.479 e. The normalized spacial score (nSPS) is 17.7. The predicted octanol–water partition coefficient (Wildman–Crippen LogP) is 3.09. The molecule has 0 unspecified atom stereocenters. The van der Waals surface area contributed by atoms with Gasteiger partial charge in [0.2, 0.25) is 5.91 Å². The van der Waals surface area contributed by atoms with Crippen molar-refractivity contribution in [3.05, 3.63) is 34.9 Å². The van der Waals surface area contributed by atoms with Crippen LogP contribution in [-0.2, 0) is 9.59 Å². The van der Waals surface area contributed by atoms with Gasteiger partial charge in [0.05, 0.1) is 0 Å². The first-order chi connectivity index (χ1) is 11.4. The molecule has 24 heavy (non-hydrogen) atoms. The molecule has 5 nitrogen and oxygen atoms in total. The van der Waals surface area contributed by atoms with Crippen LogP contribution in [0.5, 0.6) is 0 Å². The molecule has 1 aromatic rings. The molecule has 1 aliphatic rings. The fourth-order valence-electron chi connectivity index (χ4n) is 3.10. The summed E-state index contributed by atoms with van der Waals surface area (Å²) in [6.45, 7) is 6.34. The van der Waals surface area contributed by atoms with E-state index in [1.807, 2.05) is 0 Å². The molecule has 0 bridgehead atoms. The number of nitrogens with one attached hydrogen (secondary N) is 1. The minimum Gasteiger partial charge on any atom is -0.479 e. The lowest BCUT2D eigenvalue weighted by atomic mass is 9.92. The maximum Gasteiger partial charge on any atom is 0.330 e. The minimum absolute atomic E-state index is 0.208. The number of carbonyl (C=O) groups is 2. The summed E-state index contributed by atoms with van der Waals surface area (Å²) in [7, 11) is 0. The van der Waals surface area contributed by atoms with Crippen molar-refractivity contribution < 1.29 is 14.7 Å². The van der Waals surface area contributed by atoms with E-state index in [1.165, 1.54) is 0 Å². The van der Waals surface area contributed by atoms with E-state index in [0.29, 0.717) is 29.0 Å². The van der Waals surface area contributed by atoms with E-state index >= 15 is 0 Å². The van der Waals surface area contributed by atoms with Gasteiger partial charge >= 0.3 is 5.97 Å². The predicted molar refractivity (Wildman–Crippen MR) is 94.0 cm³/mol. The first-order valence-corrected chi connectivity index (χ1v) is 8.76. The van der Waals surface area contributed by atoms with Crippen LogP contribution in [0, 0.1) is 5.92 Å². The highest BCUT2D eigenvalue weighted by Gasteiger charge is 2.26. The molecule has 0 aromatic heterocycles. The number of rotatable bonds is 6. The quantitative estimate of drug-likeness (QED) is 0.825. The SMILES string of the molecule is CC(C)N1CCC(CC(=O)N[C@H](C(=O)O)c2ccc(Cl)cc2)CC1. The Kier molecular flexibility index (Phi) is 6.63. The van der Waals surface area contributed by atoms with Gasteiger partial charge in [-0.1, -0.05) is 23.7 Å². The molecule has 0 aliphatic carbocycles. The number of halogens is 1. The fraction of sp³-hybridized carbons (Fsp3) is 0.556. The Hall–Kier alpha value is -1.59. The van der Waals surface area contributed by atoms with E-state index in [9.17, 15) is 14.7 Å². The lowest BCUT2D eigenvalue weighted by Crippen LogP contribution is -2.40. The summed E-state index contributed by atoms with van der Waals surface area (Å²) < 4.78 is 0. The maximum atomic E-state index is 12.3. The van der Waals surface area contributed by atoms with Crippen LogP contribution in [0.2, 0.25) is 5.02 Å². The summed E-state index contributed by atoms with van der Waals surface area (Å²) >= 11 is 5.83. The Morgan fingerprint density at radius 1 is 1.25 bits per heavy atom. The smallest absolute Gasteiger partial charge is 0.330 e. The van der Waals surface area contributed by atoms with Gasteiger partial charge in [0.25, 0.3) is 0 Å². The molecule has 132 valence electrons. The van der Waals surface area contributed by atoms with E-state index in [1.54, 1.807) is 24.3 Å². The van der Waals surface area contributed by atoms with Crippen LogP contribution in [-0.4, -0.2) is 41.0 Å². The van der Waals surface area contributed by atoms with Crippen molar-refractivity contribution in [1.29, 1.82) is 0 Å². The van der Waals surface area contributed by atoms with Crippen LogP contribution < -0.4 is 5.32 Å². The maximum absolute atomic E-state index is 12.3. The molecule has 2 N–H and O–H groups in total. The lowest BCUT2D eigenvalue weighted by molar-refractivity contribution is -0.142. The number of piperidine rings is 1. The van der Waals surface area contributed by atoms with E-state index in [4.69, 9.17) is 11.6 Å². The molecule has 6 heteroatoms. The third-order valence-electron chi connectivity index (χ3n) is 4.61. The van der Waals surface area contributed by atoms with Gasteiger partial charge in [-0.2, -0.15) is 0 Å². The first-order valence-electron chi connectivity index (χ1n) is 8.38. The third-order valence-corrected chi connectivity index (χ3v) is 4.86. The van der Waals surface area contributed by atoms with Crippen molar-refractivity contribution in [2.24, 2.45) is 5.92 Å². The summed E-state index contributed by atoms with van der Waals surface area (Å²) in [6.07, 6.45) is 2.33. The first kappa shape index (κ1) is 18.7. The average Bonchev–Trinajstić information content (AvgIpc) is 2.54. The van der Waals surface area contributed by atoms with Crippen molar-refractivity contribution in [2.45, 2.75) is 45.2 Å². The monoisotopic (exact) mass is 352 g/mol. The summed E-state index contributed by atoms with van der Waals surface area (Å²) in [6, 6.07) is 6.00. The number of likely N-dealkylation sites (tertiary alicyclic amines) is 1. The van der Waals surface area contributed by atoms with Gasteiger partial charge in [0.1, 0.15) is 0 Å². The third kappa shape index (κ3) is 5.21. The highest BCUT2D eigenvalue weighted by atomic mass is 35.5. The number of carboxylic acids is 1. The van der Waals surface area contributed by atoms with E-state index < -0.39 is 12.0 Å². The standard InChI is InChI=1S/C18H25ClN2O3/c1-12(2)21-9-7-13(8-10-21)11-16(22)20-17(18(23)24)14-3-5-15(19)6-4-14/h3-6,12-13,17H,7-11H2,1-2H3,(H,20,22)(H,23,24)/t17-/m0/s1. The Morgan fingerprint density at radius 3 is 2.33 bits per heavy atom. The van der Waals surface area contributed by atoms with Crippen molar-refractivity contribution >= 4 is 23.5 Å². The highest BCUT2D eigenvalue weighted by Crippen LogP contribution is 2.23. The van der Waals surface area contributed by atoms with E-state index in [0.717, 1.165) is 25.9 Å². The summed E-state index contributed by atoms with van der Waals surface area (Å²) in [5.74, 6) is -0.958. The van der Waals surface area contributed by atoms with Crippen molar-refractivity contribution in [3.8, 4) is 0 Å². The second-order valence-corrected chi connectivity index (χ2v) is 7.10. The number of aliphatic carboxylic acids is 1. The number of amides is 1. The van der Waals surface area contributed by atoms with Crippen LogP contribution >= 0.6 is 11.6 Å². The molecule has 1 heterocycles. The molecule has 0 saturated carbocycles. The molecular formula is C18H25ClN2O3. The van der Waals surface area contributed by atoms with Crippen molar-refractivity contribution in [1.82, 2.24) is 10.2 Å². The van der Waals surface area contributed by atoms with Crippen molar-refractivity contribution in [3.63, 3.8) is 0 Å². The van der Waals surface area contributed by atoms with Gasteiger partial charge in [-0.3, -0.25) is 4.79 Å². The second-order valence-electron chi connectivity index (χ2n) is 6.67. The molecule has 2 rings (SSSR count). The number of hydrogen-bond donors (Lipinski definition) is 2. The molecule has 1 fully saturated rings. The second kappa shape index (κ2) is 8.49. The average molecular weight is 353 g/mol. The molecule has 1 aliphatic heterocycles. The summed E-state index contributed by atoms with van der Waals surface area (Å²) in [5, 5.41) is 12.6. The van der Waals surface area contributed by atoms with Gasteiger partial charge in [0.15, 0.2) is 6.04 Å². The molecule has 0 spiro atoms. The Labute approximate surface area is 148 Å². The van der Waals surface area contributed by atoms with E-state index in [-0.39, 0.29) is 5.91 Å². The Balaban J connectivity index is 1.90. The van der Waals surface area contributed by atoms with Gasteiger partial charge in [-0.25, -0.2) is 4.79 Å². The highest BCUT2D eigenvalue weighted by molar-refractivity contribution is 6.30. The number of carbonyl (C=O) groups excluding carboxylic acids is 1. The molecule has 1 atom stereocenters. The fourth-order valence-corrected chi connectivity index (χ4v) is 3.22. The van der Waals surface area contributed by atoms with Crippen molar-refractivity contribution in [2.75, 3.05) is 13.1 Å². The van der Waals surface area contributed by atoms with Gasteiger partial charge in [0, 0.05) is 17.5 Å². The zero-order chi connectivity index (χ0) is 17.7. The number of benzene rings is 1. The zero-order valence-electron chi connectivity index (χ0n) is 14.2. The zero-order valence-corrected chi connectivity index (χ0v) is 14.9. The van der Waals surface area contributed by atoms with Crippen LogP contribution in [0.1, 0.15) is 44.7 Å². The molecule has 1 amide bonds. The number of nitrogens with zero attached hydrogens (tertiary/aromatic N) is 1. The topological polar surface area (TPSA) is 69.6 Å². The van der Waals surface area contributed by atoms with Crippen LogP contribution in [0.4, 0.5) is 0 Å². The van der Waals surface area contributed by atoms with Crippen LogP contribution in [0.3, 0.4) is 0 Å². The minimum atomic E-state index is -1.07. The lowest BCUT2D eigenvalue weighted by Gasteiger charge is -2.34. The molecule has 0 radical (unpaired) electrons. The van der Waals surface area contributed by atoms with Gasteiger partial charge in [-0.15, -0.1) is 0 Å². The number of hydrogen-bond acceptors (Lipinski definition) is 3. The van der Waals surface area contributed by atoms with Gasteiger partial charge in [-0.05, 0) is 63.4 Å². The van der Waals surface area contributed by atoms with Crippen LogP contribution in [0.15, 0.2) is 24.3 Å². The summed E-state index contributed by atoms with van der Waals surface area (Å²) in [4.78, 5) is 26.1. The molecular weight excluding hydrogens is 328 g/mol. The van der Waals surface area contributed by atoms with E-state index in [2.05, 4.69) is 24.1 Å². The molecule has 1 aromatic carbocycles. The molecule has 1 saturated heterocycles. The van der Waals surface area contributed by atoms with Gasteiger partial charge < -0.3 is 15.3 Å². The summed E-state index contributed by atoms with van der Waals surface area (Å²) in [5.41, 5.74) is 0.523. The van der Waals surface area contributed by atoms with Crippen LogP contribution in [0.25, 0.3) is 0 Å².